The molecule has 3 N–H and O–H groups in total. The second-order valence-corrected chi connectivity index (χ2v) is 7.61. The van der Waals surface area contributed by atoms with Crippen LogP contribution in [0.4, 0.5) is 0 Å². The van der Waals surface area contributed by atoms with Crippen LogP contribution < -0.4 is 10.6 Å². The van der Waals surface area contributed by atoms with Crippen molar-refractivity contribution in [1.29, 1.82) is 0 Å². The maximum absolute atomic E-state index is 12.4. The predicted octanol–water partition coefficient (Wildman–Crippen LogP) is 1.78. The Kier molecular flexibility index (Phi) is 5.79. The van der Waals surface area contributed by atoms with E-state index in [1.807, 2.05) is 7.05 Å². The monoisotopic (exact) mass is 371 g/mol. The first kappa shape index (κ1) is 19.4. The highest BCUT2D eigenvalue weighted by Gasteiger charge is 2.31. The molecule has 0 saturated carbocycles. The number of likely N-dealkylation sites (tertiary alicyclic amines) is 1. The Morgan fingerprint density at radius 3 is 2.63 bits per heavy atom. The fourth-order valence-corrected chi connectivity index (χ4v) is 3.72. The van der Waals surface area contributed by atoms with Crippen molar-refractivity contribution in [2.24, 2.45) is 0 Å². The molecule has 0 radical (unpaired) electrons. The smallest absolute Gasteiger partial charge is 0.221 e. The van der Waals surface area contributed by atoms with E-state index >= 15 is 0 Å². The number of carbonyl (C=O) groups excluding carboxylic acids is 2. The molecule has 1 aromatic carbocycles. The number of fused-ring (bicyclic) bond motifs is 1. The summed E-state index contributed by atoms with van der Waals surface area (Å²) in [6.07, 6.45) is 2.43. The number of hydrogen-bond acceptors (Lipinski definition) is 4. The van der Waals surface area contributed by atoms with Gasteiger partial charge in [0.2, 0.25) is 11.8 Å². The largest absolute Gasteiger partial charge is 0.355 e. The lowest BCUT2D eigenvalue weighted by Crippen LogP contribution is -2.42. The molecule has 0 spiro atoms. The average Bonchev–Trinajstić information content (AvgIpc) is 3.15. The summed E-state index contributed by atoms with van der Waals surface area (Å²) in [4.78, 5) is 33.5. The molecule has 7 nitrogen and oxygen atoms in total. The molecule has 1 aliphatic rings. The second kappa shape index (κ2) is 8.08. The third-order valence-electron chi connectivity index (χ3n) is 5.59. The molecular weight excluding hydrogens is 342 g/mol. The van der Waals surface area contributed by atoms with Crippen LogP contribution in [0.3, 0.4) is 0 Å². The standard InChI is InChI=1S/C20H29N5O2/c1-12-7-17-18(8-13(12)2)24-19(23-17)11-22-20(27)9-15-5-6-16(25(15)4)10-21-14(3)26/h7-8,15-16H,5-6,9-11H2,1-4H3,(H,21,26)(H,22,27)(H,23,24)/t15-,16+/m0/s1. The Bertz CT molecular complexity index is 805. The van der Waals surface area contributed by atoms with Crippen molar-refractivity contribution in [2.75, 3.05) is 13.6 Å². The number of nitrogens with one attached hydrogen (secondary N) is 3. The highest BCUT2D eigenvalue weighted by atomic mass is 16.2. The molecule has 2 heterocycles. The number of amides is 2. The molecule has 0 bridgehead atoms. The third kappa shape index (κ3) is 4.66. The van der Waals surface area contributed by atoms with Crippen LogP contribution in [0.2, 0.25) is 0 Å². The summed E-state index contributed by atoms with van der Waals surface area (Å²) in [7, 11) is 2.03. The highest BCUT2D eigenvalue weighted by molar-refractivity contribution is 5.78. The van der Waals surface area contributed by atoms with Crippen LogP contribution in [0, 0.1) is 13.8 Å². The van der Waals surface area contributed by atoms with Crippen molar-refractivity contribution in [3.05, 3.63) is 29.1 Å². The molecule has 2 amide bonds. The molecular formula is C20H29N5O2. The van der Waals surface area contributed by atoms with Crippen LogP contribution in [0.5, 0.6) is 0 Å². The number of rotatable bonds is 6. The van der Waals surface area contributed by atoms with E-state index in [4.69, 9.17) is 0 Å². The molecule has 2 atom stereocenters. The minimum atomic E-state index is -0.0131. The molecule has 7 heteroatoms. The normalized spacial score (nSPS) is 20.1. The quantitative estimate of drug-likeness (QED) is 0.722. The van der Waals surface area contributed by atoms with Gasteiger partial charge in [0, 0.05) is 32.0 Å². The van der Waals surface area contributed by atoms with E-state index in [1.54, 1.807) is 0 Å². The summed E-state index contributed by atoms with van der Waals surface area (Å²) in [5, 5.41) is 5.84. The lowest BCUT2D eigenvalue weighted by molar-refractivity contribution is -0.122. The third-order valence-corrected chi connectivity index (χ3v) is 5.59. The zero-order valence-corrected chi connectivity index (χ0v) is 16.6. The second-order valence-electron chi connectivity index (χ2n) is 7.61. The molecule has 3 rings (SSSR count). The molecule has 0 aliphatic carbocycles. The maximum Gasteiger partial charge on any atom is 0.221 e. The molecule has 1 fully saturated rings. The molecule has 2 aromatic rings. The van der Waals surface area contributed by atoms with Gasteiger partial charge in [-0.25, -0.2) is 4.98 Å². The molecule has 1 aliphatic heterocycles. The Morgan fingerprint density at radius 1 is 1.19 bits per heavy atom. The van der Waals surface area contributed by atoms with Gasteiger partial charge in [0.15, 0.2) is 0 Å². The van der Waals surface area contributed by atoms with E-state index < -0.39 is 0 Å². The zero-order valence-electron chi connectivity index (χ0n) is 16.6. The van der Waals surface area contributed by atoms with E-state index in [0.717, 1.165) is 29.7 Å². The number of benzene rings is 1. The molecule has 146 valence electrons. The number of aromatic amines is 1. The van der Waals surface area contributed by atoms with Gasteiger partial charge in [0.25, 0.3) is 0 Å². The Balaban J connectivity index is 1.50. The first-order valence-electron chi connectivity index (χ1n) is 9.52. The number of aromatic nitrogens is 2. The fraction of sp³-hybridized carbons (Fsp3) is 0.550. The number of aryl methyl sites for hydroxylation is 2. The van der Waals surface area contributed by atoms with Gasteiger partial charge < -0.3 is 15.6 Å². The average molecular weight is 371 g/mol. The topological polar surface area (TPSA) is 90.1 Å². The summed E-state index contributed by atoms with van der Waals surface area (Å²) in [5.74, 6) is 0.785. The van der Waals surface area contributed by atoms with Gasteiger partial charge in [-0.3, -0.25) is 14.5 Å². The van der Waals surface area contributed by atoms with Gasteiger partial charge in [0.1, 0.15) is 5.82 Å². The molecule has 27 heavy (non-hydrogen) atoms. The van der Waals surface area contributed by atoms with E-state index in [1.165, 1.54) is 18.1 Å². The number of imidazole rings is 1. The van der Waals surface area contributed by atoms with Crippen molar-refractivity contribution in [3.8, 4) is 0 Å². The van der Waals surface area contributed by atoms with Crippen LogP contribution >= 0.6 is 0 Å². The summed E-state index contributed by atoms with van der Waals surface area (Å²) in [5.41, 5.74) is 4.36. The van der Waals surface area contributed by atoms with Gasteiger partial charge in [-0.15, -0.1) is 0 Å². The van der Waals surface area contributed by atoms with Gasteiger partial charge in [-0.1, -0.05) is 0 Å². The van der Waals surface area contributed by atoms with Crippen molar-refractivity contribution >= 4 is 22.8 Å². The lowest BCUT2D eigenvalue weighted by atomic mass is 10.1. The number of likely N-dealkylation sites (N-methyl/N-ethyl adjacent to an activating group) is 1. The summed E-state index contributed by atoms with van der Waals surface area (Å²) >= 11 is 0. The van der Waals surface area contributed by atoms with E-state index in [9.17, 15) is 9.59 Å². The van der Waals surface area contributed by atoms with Crippen LogP contribution in [0.15, 0.2) is 12.1 Å². The van der Waals surface area contributed by atoms with Crippen molar-refractivity contribution < 1.29 is 9.59 Å². The maximum atomic E-state index is 12.4. The van der Waals surface area contributed by atoms with Crippen LogP contribution in [0.1, 0.15) is 43.1 Å². The molecule has 1 saturated heterocycles. The van der Waals surface area contributed by atoms with Crippen molar-refractivity contribution in [2.45, 2.75) is 58.7 Å². The Labute approximate surface area is 159 Å². The minimum absolute atomic E-state index is 0.0131. The van der Waals surface area contributed by atoms with Crippen LogP contribution in [-0.2, 0) is 16.1 Å². The first-order valence-corrected chi connectivity index (χ1v) is 9.52. The lowest BCUT2D eigenvalue weighted by Gasteiger charge is -2.25. The van der Waals surface area contributed by atoms with Gasteiger partial charge in [-0.05, 0) is 57.0 Å². The predicted molar refractivity (Wildman–Crippen MR) is 105 cm³/mol. The number of hydrogen-bond donors (Lipinski definition) is 3. The van der Waals surface area contributed by atoms with Gasteiger partial charge in [0.05, 0.1) is 17.6 Å². The Hall–Kier alpha value is -2.41. The fourth-order valence-electron chi connectivity index (χ4n) is 3.72. The van der Waals surface area contributed by atoms with E-state index in [0.29, 0.717) is 25.6 Å². The number of nitrogens with zero attached hydrogens (tertiary/aromatic N) is 2. The first-order chi connectivity index (χ1) is 12.8. The van der Waals surface area contributed by atoms with Crippen LogP contribution in [-0.4, -0.2) is 52.4 Å². The summed E-state index contributed by atoms with van der Waals surface area (Å²) in [6, 6.07) is 4.67. The van der Waals surface area contributed by atoms with Crippen molar-refractivity contribution in [3.63, 3.8) is 0 Å². The molecule has 0 unspecified atom stereocenters. The van der Waals surface area contributed by atoms with Crippen molar-refractivity contribution in [1.82, 2.24) is 25.5 Å². The Morgan fingerprint density at radius 2 is 1.89 bits per heavy atom. The highest BCUT2D eigenvalue weighted by Crippen LogP contribution is 2.24. The molecule has 1 aromatic heterocycles. The van der Waals surface area contributed by atoms with E-state index in [-0.39, 0.29) is 17.9 Å². The van der Waals surface area contributed by atoms with Gasteiger partial charge in [-0.2, -0.15) is 0 Å². The number of H-pyrrole nitrogens is 1. The minimum Gasteiger partial charge on any atom is -0.355 e. The summed E-state index contributed by atoms with van der Waals surface area (Å²) < 4.78 is 0. The van der Waals surface area contributed by atoms with Gasteiger partial charge >= 0.3 is 0 Å². The SMILES string of the molecule is CC(=O)NC[C@H]1CC[C@@H](CC(=O)NCc2nc3cc(C)c(C)cc3[nH]2)N1C. The summed E-state index contributed by atoms with van der Waals surface area (Å²) in [6.45, 7) is 6.72. The zero-order chi connectivity index (χ0) is 19.6. The number of carbonyl (C=O) groups is 2. The van der Waals surface area contributed by atoms with E-state index in [2.05, 4.69) is 51.5 Å². The van der Waals surface area contributed by atoms with Crippen LogP contribution in [0.25, 0.3) is 11.0 Å².